The van der Waals surface area contributed by atoms with Crippen molar-refractivity contribution in [2.45, 2.75) is 52.9 Å². The third kappa shape index (κ3) is 2.84. The van der Waals surface area contributed by atoms with Crippen molar-refractivity contribution in [1.82, 2.24) is 5.16 Å². The molecule has 1 amide bonds. The van der Waals surface area contributed by atoms with Crippen molar-refractivity contribution in [3.8, 4) is 6.07 Å². The van der Waals surface area contributed by atoms with Gasteiger partial charge in [0.1, 0.15) is 22.4 Å². The molecule has 1 atom stereocenters. The standard InChI is InChI=1S/C18H21N3O2S/c1-4-11-6-7-12-13(9-19)18(24-15(12)8-11)20-17(22)16-10(3)23-21-14(16)5-2/h11H,4-8H2,1-3H3,(H,20,22)/t11-/m0/s1. The van der Waals surface area contributed by atoms with E-state index in [1.165, 1.54) is 4.88 Å². The number of thiophene rings is 1. The number of rotatable bonds is 4. The average Bonchev–Trinajstić information content (AvgIpc) is 3.13. The summed E-state index contributed by atoms with van der Waals surface area (Å²) in [4.78, 5) is 13.9. The van der Waals surface area contributed by atoms with E-state index < -0.39 is 0 Å². The molecule has 1 aliphatic carbocycles. The van der Waals surface area contributed by atoms with Crippen molar-refractivity contribution in [2.24, 2.45) is 5.92 Å². The minimum atomic E-state index is -0.243. The number of nitrogens with one attached hydrogen (secondary N) is 1. The van der Waals surface area contributed by atoms with E-state index in [0.717, 1.165) is 31.2 Å². The highest BCUT2D eigenvalue weighted by atomic mass is 32.1. The molecule has 2 heterocycles. The van der Waals surface area contributed by atoms with Gasteiger partial charge in [0.05, 0.1) is 11.3 Å². The smallest absolute Gasteiger partial charge is 0.261 e. The van der Waals surface area contributed by atoms with Gasteiger partial charge >= 0.3 is 0 Å². The van der Waals surface area contributed by atoms with Crippen LogP contribution in [-0.2, 0) is 19.3 Å². The van der Waals surface area contributed by atoms with Crippen LogP contribution in [0.25, 0.3) is 0 Å². The maximum absolute atomic E-state index is 12.7. The van der Waals surface area contributed by atoms with E-state index in [-0.39, 0.29) is 5.91 Å². The second-order valence-corrected chi connectivity index (χ2v) is 7.31. The molecule has 6 heteroatoms. The van der Waals surface area contributed by atoms with Gasteiger partial charge in [0.15, 0.2) is 0 Å². The first kappa shape index (κ1) is 16.7. The maximum atomic E-state index is 12.7. The van der Waals surface area contributed by atoms with Gasteiger partial charge in [-0.2, -0.15) is 5.26 Å². The summed E-state index contributed by atoms with van der Waals surface area (Å²) in [5.74, 6) is 0.946. The van der Waals surface area contributed by atoms with Crippen LogP contribution in [0.5, 0.6) is 0 Å². The number of fused-ring (bicyclic) bond motifs is 1. The molecule has 0 radical (unpaired) electrons. The Kier molecular flexibility index (Phi) is 4.72. The molecule has 0 aliphatic heterocycles. The van der Waals surface area contributed by atoms with Gasteiger partial charge in [0, 0.05) is 4.88 Å². The Labute approximate surface area is 145 Å². The first-order valence-electron chi connectivity index (χ1n) is 8.40. The van der Waals surface area contributed by atoms with Crippen molar-refractivity contribution in [3.63, 3.8) is 0 Å². The molecule has 0 bridgehead atoms. The van der Waals surface area contributed by atoms with E-state index in [2.05, 4.69) is 23.5 Å². The molecule has 0 saturated carbocycles. The number of carbonyl (C=O) groups is 1. The van der Waals surface area contributed by atoms with E-state index in [4.69, 9.17) is 4.52 Å². The predicted molar refractivity (Wildman–Crippen MR) is 93.4 cm³/mol. The SMILES string of the molecule is CCc1noc(C)c1C(=O)Nc1sc2c(c1C#N)CC[C@H](CC)C2. The van der Waals surface area contributed by atoms with Crippen LogP contribution in [0.4, 0.5) is 5.00 Å². The van der Waals surface area contributed by atoms with Gasteiger partial charge in [-0.25, -0.2) is 0 Å². The van der Waals surface area contributed by atoms with Crippen LogP contribution >= 0.6 is 11.3 Å². The van der Waals surface area contributed by atoms with Gasteiger partial charge in [-0.3, -0.25) is 4.79 Å². The van der Waals surface area contributed by atoms with Crippen molar-refractivity contribution in [3.05, 3.63) is 33.0 Å². The number of hydrogen-bond acceptors (Lipinski definition) is 5. The number of aryl methyl sites for hydroxylation is 2. The summed E-state index contributed by atoms with van der Waals surface area (Å²) in [5, 5.41) is 17.1. The number of carbonyl (C=O) groups excluding carboxylic acids is 1. The summed E-state index contributed by atoms with van der Waals surface area (Å²) in [5.41, 5.74) is 2.89. The van der Waals surface area contributed by atoms with Crippen LogP contribution in [0, 0.1) is 24.2 Å². The lowest BCUT2D eigenvalue weighted by Gasteiger charge is -2.20. The summed E-state index contributed by atoms with van der Waals surface area (Å²) < 4.78 is 5.14. The molecule has 0 unspecified atom stereocenters. The Hall–Kier alpha value is -2.13. The summed E-state index contributed by atoms with van der Waals surface area (Å²) in [7, 11) is 0. The second-order valence-electron chi connectivity index (χ2n) is 6.20. The van der Waals surface area contributed by atoms with Crippen LogP contribution in [0.3, 0.4) is 0 Å². The minimum absolute atomic E-state index is 0.243. The monoisotopic (exact) mass is 343 g/mol. The molecule has 126 valence electrons. The van der Waals surface area contributed by atoms with Gasteiger partial charge in [-0.1, -0.05) is 25.4 Å². The normalized spacial score (nSPS) is 16.5. The summed E-state index contributed by atoms with van der Waals surface area (Å²) in [6, 6.07) is 2.29. The second kappa shape index (κ2) is 6.78. The van der Waals surface area contributed by atoms with Crippen molar-refractivity contribution in [2.75, 3.05) is 5.32 Å². The molecule has 3 rings (SSSR count). The van der Waals surface area contributed by atoms with Crippen LogP contribution in [-0.4, -0.2) is 11.1 Å². The molecular formula is C18H21N3O2S. The van der Waals surface area contributed by atoms with Gasteiger partial charge in [0.2, 0.25) is 0 Å². The number of aromatic nitrogens is 1. The number of nitriles is 1. The van der Waals surface area contributed by atoms with Crippen LogP contribution in [0.1, 0.15) is 64.5 Å². The lowest BCUT2D eigenvalue weighted by atomic mass is 9.86. The van der Waals surface area contributed by atoms with Crippen LogP contribution in [0.15, 0.2) is 4.52 Å². The molecule has 1 aliphatic rings. The first-order chi connectivity index (χ1) is 11.6. The van der Waals surface area contributed by atoms with Crippen molar-refractivity contribution >= 4 is 22.2 Å². The fourth-order valence-electron chi connectivity index (χ4n) is 3.32. The maximum Gasteiger partial charge on any atom is 0.261 e. The number of amides is 1. The topological polar surface area (TPSA) is 78.9 Å². The number of anilines is 1. The zero-order valence-electron chi connectivity index (χ0n) is 14.2. The lowest BCUT2D eigenvalue weighted by molar-refractivity contribution is 0.102. The van der Waals surface area contributed by atoms with Gasteiger partial charge in [-0.15, -0.1) is 11.3 Å². The Morgan fingerprint density at radius 3 is 2.96 bits per heavy atom. The van der Waals surface area contributed by atoms with E-state index in [0.29, 0.717) is 39.9 Å². The zero-order valence-corrected chi connectivity index (χ0v) is 15.0. The summed E-state index contributed by atoms with van der Waals surface area (Å²) in [6.07, 6.45) is 4.83. The Balaban J connectivity index is 1.91. The van der Waals surface area contributed by atoms with E-state index in [1.54, 1.807) is 18.3 Å². The molecule has 0 saturated heterocycles. The molecule has 5 nitrogen and oxygen atoms in total. The molecule has 0 spiro atoms. The molecule has 0 fully saturated rings. The van der Waals surface area contributed by atoms with Gasteiger partial charge in [-0.05, 0) is 44.1 Å². The highest BCUT2D eigenvalue weighted by Gasteiger charge is 2.27. The highest BCUT2D eigenvalue weighted by molar-refractivity contribution is 7.16. The Morgan fingerprint density at radius 2 is 2.29 bits per heavy atom. The van der Waals surface area contributed by atoms with Crippen molar-refractivity contribution < 1.29 is 9.32 Å². The van der Waals surface area contributed by atoms with E-state index in [1.807, 2.05) is 6.92 Å². The number of hydrogen-bond donors (Lipinski definition) is 1. The fraction of sp³-hybridized carbons (Fsp3) is 0.500. The van der Waals surface area contributed by atoms with Crippen LogP contribution < -0.4 is 5.32 Å². The molecule has 2 aromatic heterocycles. The van der Waals surface area contributed by atoms with Crippen molar-refractivity contribution in [1.29, 1.82) is 5.26 Å². The average molecular weight is 343 g/mol. The first-order valence-corrected chi connectivity index (χ1v) is 9.21. The quantitative estimate of drug-likeness (QED) is 0.900. The highest BCUT2D eigenvalue weighted by Crippen LogP contribution is 2.40. The van der Waals surface area contributed by atoms with E-state index >= 15 is 0 Å². The summed E-state index contributed by atoms with van der Waals surface area (Å²) >= 11 is 1.55. The minimum Gasteiger partial charge on any atom is -0.361 e. The number of nitrogens with zero attached hydrogens (tertiary/aromatic N) is 2. The lowest BCUT2D eigenvalue weighted by Crippen LogP contribution is -2.14. The van der Waals surface area contributed by atoms with E-state index in [9.17, 15) is 10.1 Å². The molecule has 1 N–H and O–H groups in total. The summed E-state index contributed by atoms with van der Waals surface area (Å²) in [6.45, 7) is 5.87. The molecule has 2 aromatic rings. The predicted octanol–water partition coefficient (Wildman–Crippen LogP) is 4.25. The Morgan fingerprint density at radius 1 is 1.50 bits per heavy atom. The fourth-order valence-corrected chi connectivity index (χ4v) is 4.63. The van der Waals surface area contributed by atoms with Crippen LogP contribution in [0.2, 0.25) is 0 Å². The third-order valence-electron chi connectivity index (χ3n) is 4.78. The molecule has 0 aromatic carbocycles. The molecule has 24 heavy (non-hydrogen) atoms. The largest absolute Gasteiger partial charge is 0.361 e. The Bertz CT molecular complexity index is 813. The third-order valence-corrected chi connectivity index (χ3v) is 5.95. The zero-order chi connectivity index (χ0) is 17.3. The van der Waals surface area contributed by atoms with Gasteiger partial charge in [0.25, 0.3) is 5.91 Å². The van der Waals surface area contributed by atoms with Gasteiger partial charge < -0.3 is 9.84 Å². The molecular weight excluding hydrogens is 322 g/mol.